The van der Waals surface area contributed by atoms with Gasteiger partial charge in [0.25, 0.3) is 5.91 Å². The molecule has 0 atom stereocenters. The fourth-order valence-electron chi connectivity index (χ4n) is 1.63. The quantitative estimate of drug-likeness (QED) is 0.724. The fraction of sp³-hybridized carbons (Fsp3) is 0.273. The third-order valence-electron chi connectivity index (χ3n) is 2.53. The molecule has 0 aromatic carbocycles. The number of nitrogens with two attached hydrogens (primary N) is 1. The van der Waals surface area contributed by atoms with E-state index < -0.39 is 5.91 Å². The number of methoxy groups -OCH3 is 1. The van der Waals surface area contributed by atoms with Gasteiger partial charge in [-0.2, -0.15) is 4.98 Å². The summed E-state index contributed by atoms with van der Waals surface area (Å²) in [7, 11) is 5.16. The number of aromatic amines is 1. The smallest absolute Gasteiger partial charge is 0.293 e. The number of anilines is 3. The van der Waals surface area contributed by atoms with Crippen molar-refractivity contribution < 1.29 is 9.53 Å². The van der Waals surface area contributed by atoms with Crippen molar-refractivity contribution in [1.82, 2.24) is 20.2 Å². The molecular weight excluding hydrogens is 262 g/mol. The summed E-state index contributed by atoms with van der Waals surface area (Å²) in [6.07, 6.45) is 1.59. The van der Waals surface area contributed by atoms with Crippen molar-refractivity contribution in [2.75, 3.05) is 37.2 Å². The second kappa shape index (κ2) is 5.43. The Morgan fingerprint density at radius 3 is 2.80 bits per heavy atom. The summed E-state index contributed by atoms with van der Waals surface area (Å²) in [4.78, 5) is 21.7. The van der Waals surface area contributed by atoms with Gasteiger partial charge < -0.3 is 20.7 Å². The normalized spacial score (nSPS) is 10.2. The van der Waals surface area contributed by atoms with E-state index >= 15 is 0 Å². The van der Waals surface area contributed by atoms with Gasteiger partial charge >= 0.3 is 0 Å². The van der Waals surface area contributed by atoms with Crippen LogP contribution < -0.4 is 20.7 Å². The number of nitrogen functional groups attached to an aromatic ring is 1. The molecule has 0 aliphatic rings. The Hall–Kier alpha value is -2.84. The minimum Gasteiger partial charge on any atom is -0.479 e. The van der Waals surface area contributed by atoms with E-state index in [1.807, 2.05) is 19.0 Å². The van der Waals surface area contributed by atoms with Gasteiger partial charge in [0.1, 0.15) is 5.69 Å². The molecule has 0 spiro atoms. The molecule has 9 nitrogen and oxygen atoms in total. The van der Waals surface area contributed by atoms with Crippen molar-refractivity contribution in [3.8, 4) is 5.88 Å². The lowest BCUT2D eigenvalue weighted by molar-refractivity contribution is 0.101. The Balaban J connectivity index is 2.34. The van der Waals surface area contributed by atoms with E-state index in [2.05, 4.69) is 25.5 Å². The maximum atomic E-state index is 12.1. The highest BCUT2D eigenvalue weighted by atomic mass is 16.5. The molecule has 0 saturated heterocycles. The lowest BCUT2D eigenvalue weighted by Crippen LogP contribution is -2.19. The van der Waals surface area contributed by atoms with Gasteiger partial charge in [-0.3, -0.25) is 9.89 Å². The molecule has 1 amide bonds. The number of ether oxygens (including phenoxy) is 1. The van der Waals surface area contributed by atoms with Gasteiger partial charge in [-0.05, 0) is 6.07 Å². The second-order valence-corrected chi connectivity index (χ2v) is 4.11. The van der Waals surface area contributed by atoms with Crippen molar-refractivity contribution >= 4 is 23.2 Å². The van der Waals surface area contributed by atoms with Crippen LogP contribution >= 0.6 is 0 Å². The third kappa shape index (κ3) is 2.60. The molecule has 0 aliphatic heterocycles. The first-order valence-corrected chi connectivity index (χ1v) is 5.72. The molecule has 2 aromatic heterocycles. The SMILES string of the molecule is COc1nccc(N(C)C)c1NC(=O)c1nc(N)n[nH]1. The first kappa shape index (κ1) is 13.6. The summed E-state index contributed by atoms with van der Waals surface area (Å²) in [5, 5.41) is 8.73. The van der Waals surface area contributed by atoms with E-state index in [-0.39, 0.29) is 11.8 Å². The van der Waals surface area contributed by atoms with Crippen molar-refractivity contribution in [3.63, 3.8) is 0 Å². The van der Waals surface area contributed by atoms with Crippen molar-refractivity contribution in [3.05, 3.63) is 18.1 Å². The monoisotopic (exact) mass is 277 g/mol. The van der Waals surface area contributed by atoms with E-state index in [0.29, 0.717) is 11.6 Å². The Labute approximate surface area is 115 Å². The van der Waals surface area contributed by atoms with Crippen LogP contribution in [0.5, 0.6) is 5.88 Å². The predicted molar refractivity (Wildman–Crippen MR) is 73.9 cm³/mol. The number of aromatic nitrogens is 4. The summed E-state index contributed by atoms with van der Waals surface area (Å²) < 4.78 is 5.15. The van der Waals surface area contributed by atoms with Crippen molar-refractivity contribution in [2.24, 2.45) is 0 Å². The lowest BCUT2D eigenvalue weighted by atomic mass is 10.3. The van der Waals surface area contributed by atoms with E-state index in [1.54, 1.807) is 12.3 Å². The van der Waals surface area contributed by atoms with Crippen LogP contribution in [0.2, 0.25) is 0 Å². The van der Waals surface area contributed by atoms with Gasteiger partial charge in [0.15, 0.2) is 0 Å². The molecule has 20 heavy (non-hydrogen) atoms. The maximum Gasteiger partial charge on any atom is 0.293 e. The minimum absolute atomic E-state index is 0.00105. The fourth-order valence-corrected chi connectivity index (χ4v) is 1.63. The van der Waals surface area contributed by atoms with Gasteiger partial charge in [0, 0.05) is 20.3 Å². The standard InChI is InChI=1S/C11H15N7O2/c1-18(2)6-4-5-13-10(20-3)7(6)14-9(19)8-15-11(12)17-16-8/h4-5H,1-3H3,(H,14,19)(H3,12,15,16,17). The number of H-pyrrole nitrogens is 1. The second-order valence-electron chi connectivity index (χ2n) is 4.11. The molecule has 9 heteroatoms. The van der Waals surface area contributed by atoms with E-state index in [1.165, 1.54) is 7.11 Å². The molecule has 0 aliphatic carbocycles. The van der Waals surface area contributed by atoms with Gasteiger partial charge in [-0.1, -0.05) is 0 Å². The Bertz CT molecular complexity index is 623. The number of hydrogen-bond donors (Lipinski definition) is 3. The van der Waals surface area contributed by atoms with Crippen LogP contribution in [0.1, 0.15) is 10.6 Å². The zero-order valence-corrected chi connectivity index (χ0v) is 11.3. The first-order chi connectivity index (χ1) is 9.52. The summed E-state index contributed by atoms with van der Waals surface area (Å²) in [6.45, 7) is 0. The molecule has 0 saturated carbocycles. The van der Waals surface area contributed by atoms with Gasteiger partial charge in [-0.15, -0.1) is 5.10 Å². The number of nitrogens with zero attached hydrogens (tertiary/aromatic N) is 4. The van der Waals surface area contributed by atoms with Crippen molar-refractivity contribution in [1.29, 1.82) is 0 Å². The molecule has 2 rings (SSSR count). The van der Waals surface area contributed by atoms with E-state index in [4.69, 9.17) is 10.5 Å². The topological polar surface area (TPSA) is 122 Å². The van der Waals surface area contributed by atoms with Crippen LogP contribution in [0.4, 0.5) is 17.3 Å². The van der Waals surface area contributed by atoms with Crippen LogP contribution in [0.3, 0.4) is 0 Å². The van der Waals surface area contributed by atoms with Crippen LogP contribution in [0.15, 0.2) is 12.3 Å². The van der Waals surface area contributed by atoms with Gasteiger partial charge in [0.05, 0.1) is 12.8 Å². The molecule has 0 bridgehead atoms. The number of carbonyl (C=O) groups is 1. The molecular formula is C11H15N7O2. The summed E-state index contributed by atoms with van der Waals surface area (Å²) in [6, 6.07) is 1.76. The Morgan fingerprint density at radius 2 is 2.25 bits per heavy atom. The molecule has 4 N–H and O–H groups in total. The van der Waals surface area contributed by atoms with E-state index in [9.17, 15) is 4.79 Å². The molecule has 0 radical (unpaired) electrons. The third-order valence-corrected chi connectivity index (χ3v) is 2.53. The summed E-state index contributed by atoms with van der Waals surface area (Å²) in [5.74, 6) is -0.167. The molecule has 0 fully saturated rings. The average Bonchev–Trinajstić information content (AvgIpc) is 2.85. The van der Waals surface area contributed by atoms with E-state index in [0.717, 1.165) is 5.69 Å². The Kier molecular flexibility index (Phi) is 3.69. The number of carbonyl (C=O) groups excluding carboxylic acids is 1. The molecule has 0 unspecified atom stereocenters. The molecule has 2 heterocycles. The molecule has 2 aromatic rings. The molecule has 106 valence electrons. The van der Waals surface area contributed by atoms with Crippen LogP contribution in [0, 0.1) is 0 Å². The Morgan fingerprint density at radius 1 is 1.50 bits per heavy atom. The first-order valence-electron chi connectivity index (χ1n) is 5.72. The highest BCUT2D eigenvalue weighted by molar-refractivity contribution is 6.04. The van der Waals surface area contributed by atoms with Gasteiger partial charge in [-0.25, -0.2) is 4.98 Å². The summed E-state index contributed by atoms with van der Waals surface area (Å²) in [5.41, 5.74) is 6.56. The highest BCUT2D eigenvalue weighted by Crippen LogP contribution is 2.32. The van der Waals surface area contributed by atoms with Gasteiger partial charge in [0.2, 0.25) is 17.7 Å². The number of nitrogens with one attached hydrogen (secondary N) is 2. The maximum absolute atomic E-state index is 12.1. The zero-order valence-electron chi connectivity index (χ0n) is 11.3. The number of pyridine rings is 1. The van der Waals surface area contributed by atoms with Crippen molar-refractivity contribution in [2.45, 2.75) is 0 Å². The number of hydrogen-bond acceptors (Lipinski definition) is 7. The minimum atomic E-state index is -0.483. The largest absolute Gasteiger partial charge is 0.479 e. The van der Waals surface area contributed by atoms with Crippen LogP contribution in [-0.4, -0.2) is 47.3 Å². The van der Waals surface area contributed by atoms with Crippen LogP contribution in [-0.2, 0) is 0 Å². The number of rotatable bonds is 4. The zero-order chi connectivity index (χ0) is 14.7. The predicted octanol–water partition coefficient (Wildman–Crippen LogP) is 0.109. The lowest BCUT2D eigenvalue weighted by Gasteiger charge is -2.18. The summed E-state index contributed by atoms with van der Waals surface area (Å²) >= 11 is 0. The average molecular weight is 277 g/mol. The van der Waals surface area contributed by atoms with Crippen LogP contribution in [0.25, 0.3) is 0 Å². The number of amides is 1. The highest BCUT2D eigenvalue weighted by Gasteiger charge is 2.18.